The quantitative estimate of drug-likeness (QED) is 0.756. The molecule has 0 aliphatic rings. The molecule has 0 spiro atoms. The number of amides is 1. The van der Waals surface area contributed by atoms with Gasteiger partial charge in [-0.2, -0.15) is 0 Å². The maximum atomic E-state index is 11.5. The van der Waals surface area contributed by atoms with Gasteiger partial charge in [-0.1, -0.05) is 0 Å². The molecule has 1 atom stereocenters. The van der Waals surface area contributed by atoms with Gasteiger partial charge in [0.2, 0.25) is 5.91 Å². The van der Waals surface area contributed by atoms with Crippen molar-refractivity contribution in [2.24, 2.45) is 0 Å². The van der Waals surface area contributed by atoms with Gasteiger partial charge in [0, 0.05) is 17.8 Å². The summed E-state index contributed by atoms with van der Waals surface area (Å²) >= 11 is 1.75. The Balaban J connectivity index is 2.22. The van der Waals surface area contributed by atoms with E-state index in [0.717, 1.165) is 23.5 Å². The smallest absolute Gasteiger partial charge is 0.236 e. The van der Waals surface area contributed by atoms with E-state index in [1.807, 2.05) is 13.8 Å². The van der Waals surface area contributed by atoms with Crippen LogP contribution in [0.25, 0.3) is 0 Å². The minimum Gasteiger partial charge on any atom is -0.355 e. The first-order valence-electron chi connectivity index (χ1n) is 5.92. The molecule has 1 rings (SSSR count). The molecule has 1 aromatic heterocycles. The lowest BCUT2D eigenvalue weighted by Gasteiger charge is -2.10. The molecule has 0 aliphatic heterocycles. The number of rotatable bonds is 6. The number of hydrogen-bond donors (Lipinski definition) is 2. The first kappa shape index (κ1) is 14.1. The molecule has 4 nitrogen and oxygen atoms in total. The fourth-order valence-electron chi connectivity index (χ4n) is 1.38. The molecule has 0 aliphatic carbocycles. The summed E-state index contributed by atoms with van der Waals surface area (Å²) in [5, 5.41) is 6.98. The Morgan fingerprint density at radius 1 is 1.47 bits per heavy atom. The number of nitrogens with zero attached hydrogens (tertiary/aromatic N) is 1. The van der Waals surface area contributed by atoms with Gasteiger partial charge in [0.25, 0.3) is 0 Å². The van der Waals surface area contributed by atoms with Gasteiger partial charge >= 0.3 is 0 Å². The van der Waals surface area contributed by atoms with Crippen molar-refractivity contribution in [1.82, 2.24) is 15.6 Å². The monoisotopic (exact) mass is 255 g/mol. The van der Waals surface area contributed by atoms with Crippen molar-refractivity contribution in [2.45, 2.75) is 39.7 Å². The third-order valence-electron chi connectivity index (χ3n) is 2.77. The summed E-state index contributed by atoms with van der Waals surface area (Å²) in [6.45, 7) is 6.68. The molecule has 2 N–H and O–H groups in total. The number of carbonyl (C=O) groups excluding carboxylic acids is 1. The van der Waals surface area contributed by atoms with Crippen LogP contribution in [0.4, 0.5) is 0 Å². The molecule has 0 bridgehead atoms. The van der Waals surface area contributed by atoms with Crippen LogP contribution in [0.15, 0.2) is 0 Å². The van der Waals surface area contributed by atoms with Crippen LogP contribution < -0.4 is 10.6 Å². The Morgan fingerprint density at radius 3 is 2.71 bits per heavy atom. The second kappa shape index (κ2) is 6.71. The molecule has 1 amide bonds. The predicted octanol–water partition coefficient (Wildman–Crippen LogP) is 1.42. The molecule has 0 radical (unpaired) electrons. The van der Waals surface area contributed by atoms with E-state index in [4.69, 9.17) is 0 Å². The highest BCUT2D eigenvalue weighted by Crippen LogP contribution is 2.17. The fraction of sp³-hybridized carbons (Fsp3) is 0.667. The van der Waals surface area contributed by atoms with Crippen LogP contribution in [0.1, 0.15) is 28.9 Å². The highest BCUT2D eigenvalue weighted by Gasteiger charge is 2.09. The van der Waals surface area contributed by atoms with Gasteiger partial charge in [-0.05, 0) is 34.2 Å². The first-order chi connectivity index (χ1) is 8.04. The van der Waals surface area contributed by atoms with Crippen LogP contribution in [-0.2, 0) is 11.2 Å². The average Bonchev–Trinajstić information content (AvgIpc) is 2.63. The van der Waals surface area contributed by atoms with Crippen molar-refractivity contribution in [3.05, 3.63) is 15.6 Å². The standard InChI is InChI=1S/C12H21N3OS/c1-8-10(3)17-11(15-8)6-5-7-14-12(16)9(2)13-4/h9,13H,5-7H2,1-4H3,(H,14,16)/t9-/m0/s1. The molecule has 1 aromatic rings. The van der Waals surface area contributed by atoms with Gasteiger partial charge < -0.3 is 10.6 Å². The van der Waals surface area contributed by atoms with Gasteiger partial charge in [-0.15, -0.1) is 11.3 Å². The number of nitrogens with one attached hydrogen (secondary N) is 2. The van der Waals surface area contributed by atoms with Crippen LogP contribution in [0.5, 0.6) is 0 Å². The zero-order valence-electron chi connectivity index (χ0n) is 11.0. The van der Waals surface area contributed by atoms with Gasteiger partial charge in [0.05, 0.1) is 16.7 Å². The van der Waals surface area contributed by atoms with Crippen molar-refractivity contribution in [2.75, 3.05) is 13.6 Å². The van der Waals surface area contributed by atoms with E-state index in [-0.39, 0.29) is 11.9 Å². The lowest BCUT2D eigenvalue weighted by Crippen LogP contribution is -2.40. The Hall–Kier alpha value is -0.940. The van der Waals surface area contributed by atoms with E-state index in [1.165, 1.54) is 4.88 Å². The molecular weight excluding hydrogens is 234 g/mol. The Bertz CT molecular complexity index is 356. The minimum absolute atomic E-state index is 0.0546. The van der Waals surface area contributed by atoms with Gasteiger partial charge in [-0.3, -0.25) is 4.79 Å². The lowest BCUT2D eigenvalue weighted by molar-refractivity contribution is -0.122. The Kier molecular flexibility index (Phi) is 5.58. The number of carbonyl (C=O) groups is 1. The lowest BCUT2D eigenvalue weighted by atomic mass is 10.3. The molecule has 5 heteroatoms. The van der Waals surface area contributed by atoms with Crippen LogP contribution >= 0.6 is 11.3 Å². The van der Waals surface area contributed by atoms with E-state index in [0.29, 0.717) is 6.54 Å². The molecule has 0 saturated carbocycles. The van der Waals surface area contributed by atoms with Crippen LogP contribution in [-0.4, -0.2) is 30.5 Å². The molecular formula is C12H21N3OS. The molecule has 0 unspecified atom stereocenters. The number of likely N-dealkylation sites (N-methyl/N-ethyl adjacent to an activating group) is 1. The molecule has 0 saturated heterocycles. The highest BCUT2D eigenvalue weighted by molar-refractivity contribution is 7.11. The van der Waals surface area contributed by atoms with E-state index in [2.05, 4.69) is 22.5 Å². The largest absolute Gasteiger partial charge is 0.355 e. The molecule has 1 heterocycles. The van der Waals surface area contributed by atoms with Crippen molar-refractivity contribution in [3.63, 3.8) is 0 Å². The number of aryl methyl sites for hydroxylation is 3. The second-order valence-electron chi connectivity index (χ2n) is 4.15. The fourth-order valence-corrected chi connectivity index (χ4v) is 2.36. The van der Waals surface area contributed by atoms with Crippen LogP contribution in [0.3, 0.4) is 0 Å². The van der Waals surface area contributed by atoms with Crippen molar-refractivity contribution in [3.8, 4) is 0 Å². The summed E-state index contributed by atoms with van der Waals surface area (Å²) in [7, 11) is 1.78. The van der Waals surface area contributed by atoms with Crippen LogP contribution in [0, 0.1) is 13.8 Å². The normalized spacial score (nSPS) is 12.5. The minimum atomic E-state index is -0.126. The first-order valence-corrected chi connectivity index (χ1v) is 6.74. The molecule has 96 valence electrons. The SMILES string of the molecule is CN[C@@H](C)C(=O)NCCCc1nc(C)c(C)s1. The summed E-state index contributed by atoms with van der Waals surface area (Å²) in [4.78, 5) is 17.2. The zero-order valence-corrected chi connectivity index (χ0v) is 11.8. The highest BCUT2D eigenvalue weighted by atomic mass is 32.1. The maximum Gasteiger partial charge on any atom is 0.236 e. The van der Waals surface area contributed by atoms with Crippen molar-refractivity contribution >= 4 is 17.2 Å². The molecule has 0 fully saturated rings. The number of thiazole rings is 1. The molecule has 17 heavy (non-hydrogen) atoms. The second-order valence-corrected chi connectivity index (χ2v) is 5.44. The third-order valence-corrected chi connectivity index (χ3v) is 3.90. The van der Waals surface area contributed by atoms with Crippen molar-refractivity contribution < 1.29 is 4.79 Å². The van der Waals surface area contributed by atoms with Gasteiger partial charge in [-0.25, -0.2) is 4.98 Å². The van der Waals surface area contributed by atoms with Gasteiger partial charge in [0.15, 0.2) is 0 Å². The van der Waals surface area contributed by atoms with Crippen molar-refractivity contribution in [1.29, 1.82) is 0 Å². The number of aromatic nitrogens is 1. The predicted molar refractivity (Wildman–Crippen MR) is 71.4 cm³/mol. The topological polar surface area (TPSA) is 54.0 Å². The number of hydrogen-bond acceptors (Lipinski definition) is 4. The van der Waals surface area contributed by atoms with E-state index < -0.39 is 0 Å². The Morgan fingerprint density at radius 2 is 2.18 bits per heavy atom. The summed E-state index contributed by atoms with van der Waals surface area (Å²) in [6, 6.07) is -0.126. The maximum absolute atomic E-state index is 11.5. The summed E-state index contributed by atoms with van der Waals surface area (Å²) in [5.41, 5.74) is 1.12. The summed E-state index contributed by atoms with van der Waals surface area (Å²) < 4.78 is 0. The van der Waals surface area contributed by atoms with E-state index in [1.54, 1.807) is 18.4 Å². The van der Waals surface area contributed by atoms with E-state index in [9.17, 15) is 4.79 Å². The summed E-state index contributed by atoms with van der Waals surface area (Å²) in [5.74, 6) is 0.0546. The summed E-state index contributed by atoms with van der Waals surface area (Å²) in [6.07, 6.45) is 1.88. The van der Waals surface area contributed by atoms with Gasteiger partial charge in [0.1, 0.15) is 0 Å². The zero-order chi connectivity index (χ0) is 12.8. The van der Waals surface area contributed by atoms with E-state index >= 15 is 0 Å². The van der Waals surface area contributed by atoms with Crippen LogP contribution in [0.2, 0.25) is 0 Å². The third kappa shape index (κ3) is 4.44. The average molecular weight is 255 g/mol. The Labute approximate surface area is 107 Å². The molecule has 0 aromatic carbocycles.